The van der Waals surface area contributed by atoms with Gasteiger partial charge in [-0.25, -0.2) is 19.7 Å². The molecule has 146 valence electrons. The van der Waals surface area contributed by atoms with Crippen molar-refractivity contribution in [1.29, 1.82) is 0 Å². The van der Waals surface area contributed by atoms with Gasteiger partial charge < -0.3 is 16.0 Å². The Morgan fingerprint density at radius 3 is 2.75 bits per heavy atom. The first-order valence-electron chi connectivity index (χ1n) is 8.84. The molecule has 1 aromatic carbocycles. The van der Waals surface area contributed by atoms with Gasteiger partial charge in [0.05, 0.1) is 0 Å². The van der Waals surface area contributed by atoms with Gasteiger partial charge in [0.25, 0.3) is 0 Å². The van der Waals surface area contributed by atoms with Crippen molar-refractivity contribution in [3.63, 3.8) is 0 Å². The minimum Gasteiger partial charge on any atom is -0.368 e. The van der Waals surface area contributed by atoms with Crippen molar-refractivity contribution < 1.29 is 4.79 Å². The highest BCUT2D eigenvalue weighted by Crippen LogP contribution is 2.22. The molecule has 0 atom stereocenters. The number of carbonyl (C=O) groups is 1. The highest BCUT2D eigenvalue weighted by Gasteiger charge is 2.08. The van der Waals surface area contributed by atoms with Crippen molar-refractivity contribution in [2.75, 3.05) is 23.7 Å². The fourth-order valence-electron chi connectivity index (χ4n) is 2.66. The van der Waals surface area contributed by atoms with E-state index in [2.05, 4.69) is 30.9 Å². The second-order valence-electron chi connectivity index (χ2n) is 6.22. The molecule has 0 saturated heterocycles. The Kier molecular flexibility index (Phi) is 6.10. The summed E-state index contributed by atoms with van der Waals surface area (Å²) in [5.41, 5.74) is 1.51. The summed E-state index contributed by atoms with van der Waals surface area (Å²) in [6, 6.07) is 6.94. The van der Waals surface area contributed by atoms with E-state index in [1.807, 2.05) is 43.7 Å². The van der Waals surface area contributed by atoms with Gasteiger partial charge in [-0.1, -0.05) is 17.7 Å². The van der Waals surface area contributed by atoms with Crippen LogP contribution in [0.5, 0.6) is 0 Å². The summed E-state index contributed by atoms with van der Waals surface area (Å²) >= 11 is 6.06. The molecule has 0 bridgehead atoms. The first-order valence-corrected chi connectivity index (χ1v) is 9.21. The molecule has 2 heterocycles. The summed E-state index contributed by atoms with van der Waals surface area (Å²) in [6.45, 7) is 6.54. The van der Waals surface area contributed by atoms with Crippen LogP contribution in [0, 0.1) is 20.8 Å². The molecule has 0 spiro atoms. The van der Waals surface area contributed by atoms with E-state index in [1.54, 1.807) is 18.3 Å². The van der Waals surface area contributed by atoms with Crippen LogP contribution < -0.4 is 16.0 Å². The third kappa shape index (κ3) is 4.77. The number of benzene rings is 1. The summed E-state index contributed by atoms with van der Waals surface area (Å²) in [7, 11) is 0. The number of anilines is 2. The van der Waals surface area contributed by atoms with Crippen LogP contribution in [0.3, 0.4) is 0 Å². The Balaban J connectivity index is 1.53. The van der Waals surface area contributed by atoms with Crippen molar-refractivity contribution >= 4 is 29.1 Å². The van der Waals surface area contributed by atoms with Gasteiger partial charge in [0.1, 0.15) is 23.3 Å². The normalized spacial score (nSPS) is 10.6. The minimum atomic E-state index is -0.291. The van der Waals surface area contributed by atoms with Crippen molar-refractivity contribution in [1.82, 2.24) is 24.8 Å². The lowest BCUT2D eigenvalue weighted by atomic mass is 10.2. The lowest BCUT2D eigenvalue weighted by Gasteiger charge is -2.12. The number of carbonyl (C=O) groups excluding carboxylic acids is 1. The van der Waals surface area contributed by atoms with Crippen LogP contribution in [-0.2, 0) is 0 Å². The Hall–Kier alpha value is -3.13. The largest absolute Gasteiger partial charge is 0.368 e. The van der Waals surface area contributed by atoms with E-state index in [-0.39, 0.29) is 6.03 Å². The molecule has 0 aliphatic rings. The van der Waals surface area contributed by atoms with E-state index in [4.69, 9.17) is 11.6 Å². The summed E-state index contributed by atoms with van der Waals surface area (Å²) in [5, 5.41) is 9.41. The molecule has 28 heavy (non-hydrogen) atoms. The predicted octanol–water partition coefficient (Wildman–Crippen LogP) is 3.47. The third-order valence-electron chi connectivity index (χ3n) is 4.13. The van der Waals surface area contributed by atoms with E-state index in [0.29, 0.717) is 35.4 Å². The third-order valence-corrected chi connectivity index (χ3v) is 4.54. The second-order valence-corrected chi connectivity index (χ2v) is 6.63. The topological polar surface area (TPSA) is 96.8 Å². The van der Waals surface area contributed by atoms with Crippen LogP contribution in [0.25, 0.3) is 5.82 Å². The number of imidazole rings is 1. The van der Waals surface area contributed by atoms with Gasteiger partial charge in [0.15, 0.2) is 0 Å². The fraction of sp³-hybridized carbons (Fsp3) is 0.263. The van der Waals surface area contributed by atoms with E-state index >= 15 is 0 Å². The minimum absolute atomic E-state index is 0.291. The number of hydrogen-bond donors (Lipinski definition) is 3. The number of hydrogen-bond acceptors (Lipinski definition) is 5. The number of halogens is 1. The van der Waals surface area contributed by atoms with Crippen LogP contribution in [-0.4, -0.2) is 38.6 Å². The highest BCUT2D eigenvalue weighted by molar-refractivity contribution is 6.31. The number of aryl methyl sites for hydroxylation is 2. The molecule has 0 fully saturated rings. The lowest BCUT2D eigenvalue weighted by molar-refractivity contribution is 0.252. The molecule has 3 rings (SSSR count). The maximum absolute atomic E-state index is 12.1. The first-order chi connectivity index (χ1) is 13.4. The molecule has 0 saturated carbocycles. The summed E-state index contributed by atoms with van der Waals surface area (Å²) < 4.78 is 1.89. The van der Waals surface area contributed by atoms with Gasteiger partial charge in [-0.2, -0.15) is 0 Å². The summed E-state index contributed by atoms with van der Waals surface area (Å²) in [4.78, 5) is 25.1. The Morgan fingerprint density at radius 2 is 2.00 bits per heavy atom. The molecule has 2 amide bonds. The average molecular weight is 400 g/mol. The van der Waals surface area contributed by atoms with Crippen LogP contribution in [0.15, 0.2) is 36.7 Å². The summed E-state index contributed by atoms with van der Waals surface area (Å²) in [6.07, 6.45) is 3.58. The van der Waals surface area contributed by atoms with E-state index in [9.17, 15) is 4.79 Å². The monoisotopic (exact) mass is 399 g/mol. The molecule has 9 heteroatoms. The number of amides is 2. The highest BCUT2D eigenvalue weighted by atomic mass is 35.5. The molecule has 0 radical (unpaired) electrons. The number of rotatable bonds is 6. The molecule has 0 aliphatic heterocycles. The second kappa shape index (κ2) is 8.71. The van der Waals surface area contributed by atoms with Gasteiger partial charge >= 0.3 is 6.03 Å². The van der Waals surface area contributed by atoms with E-state index < -0.39 is 0 Å². The molecular formula is C19H22ClN7O. The van der Waals surface area contributed by atoms with Gasteiger partial charge in [0.2, 0.25) is 0 Å². The molecule has 8 nitrogen and oxygen atoms in total. The number of nitrogens with zero attached hydrogens (tertiary/aromatic N) is 4. The van der Waals surface area contributed by atoms with Crippen LogP contribution >= 0.6 is 11.6 Å². The fourth-order valence-corrected chi connectivity index (χ4v) is 2.84. The quantitative estimate of drug-likeness (QED) is 0.551. The number of urea groups is 1. The molecule has 3 aromatic rings. The van der Waals surface area contributed by atoms with Crippen LogP contribution in [0.1, 0.15) is 17.2 Å². The standard InChI is InChI=1S/C19H22ClN7O/c1-12-15(20)5-4-6-16(12)26-19(28)23-8-7-22-17-11-18(25-13(2)24-17)27-10-9-21-14(27)3/h4-6,9-11H,7-8H2,1-3H3,(H,22,24,25)(H2,23,26,28). The number of aromatic nitrogens is 4. The smallest absolute Gasteiger partial charge is 0.319 e. The van der Waals surface area contributed by atoms with Crippen molar-refractivity contribution in [3.05, 3.63) is 58.9 Å². The first kappa shape index (κ1) is 19.6. The van der Waals surface area contributed by atoms with Crippen molar-refractivity contribution in [2.45, 2.75) is 20.8 Å². The maximum Gasteiger partial charge on any atom is 0.319 e. The van der Waals surface area contributed by atoms with Crippen LogP contribution in [0.4, 0.5) is 16.3 Å². The van der Waals surface area contributed by atoms with E-state index in [1.165, 1.54) is 0 Å². The van der Waals surface area contributed by atoms with Gasteiger partial charge in [-0.15, -0.1) is 0 Å². The van der Waals surface area contributed by atoms with Crippen molar-refractivity contribution in [3.8, 4) is 5.82 Å². The maximum atomic E-state index is 12.1. The molecule has 2 aromatic heterocycles. The van der Waals surface area contributed by atoms with Gasteiger partial charge in [-0.05, 0) is 38.5 Å². The lowest BCUT2D eigenvalue weighted by Crippen LogP contribution is -2.33. The van der Waals surface area contributed by atoms with Crippen LogP contribution in [0.2, 0.25) is 5.02 Å². The van der Waals surface area contributed by atoms with Gasteiger partial charge in [0, 0.05) is 42.3 Å². The number of nitrogens with one attached hydrogen (secondary N) is 3. The van der Waals surface area contributed by atoms with Crippen molar-refractivity contribution in [2.24, 2.45) is 0 Å². The zero-order chi connectivity index (χ0) is 20.1. The average Bonchev–Trinajstić information content (AvgIpc) is 3.08. The summed E-state index contributed by atoms with van der Waals surface area (Å²) in [5.74, 6) is 2.92. The zero-order valence-electron chi connectivity index (χ0n) is 16.0. The Labute approximate surface area is 168 Å². The Bertz CT molecular complexity index is 986. The molecule has 0 unspecified atom stereocenters. The van der Waals surface area contributed by atoms with E-state index in [0.717, 1.165) is 17.2 Å². The molecular weight excluding hydrogens is 378 g/mol. The predicted molar refractivity (Wildman–Crippen MR) is 110 cm³/mol. The Morgan fingerprint density at radius 1 is 1.18 bits per heavy atom. The molecule has 0 aliphatic carbocycles. The molecule has 3 N–H and O–H groups in total. The zero-order valence-corrected chi connectivity index (χ0v) is 16.7. The SMILES string of the molecule is Cc1nc(NCCNC(=O)Nc2cccc(Cl)c2C)cc(-n2ccnc2C)n1. The van der Waals surface area contributed by atoms with Gasteiger partial charge in [-0.3, -0.25) is 4.57 Å².